The minimum atomic E-state index is -1.27. The normalized spacial score (nSPS) is 14.5. The smallest absolute Gasteiger partial charge is 0.408 e. The molecule has 1 amide bonds. The predicted octanol–water partition coefficient (Wildman–Crippen LogP) is 1.66. The van der Waals surface area contributed by atoms with Crippen molar-refractivity contribution in [3.05, 3.63) is 0 Å². The van der Waals surface area contributed by atoms with Gasteiger partial charge in [0.2, 0.25) is 0 Å². The van der Waals surface area contributed by atoms with Crippen LogP contribution in [-0.4, -0.2) is 46.9 Å². The average Bonchev–Trinajstić information content (AvgIpc) is 2.32. The fourth-order valence-electron chi connectivity index (χ4n) is 1.87. The molecule has 0 spiro atoms. The average molecular weight is 346 g/mol. The maximum atomic E-state index is 12.2. The van der Waals surface area contributed by atoms with Gasteiger partial charge >= 0.3 is 18.0 Å². The van der Waals surface area contributed by atoms with E-state index >= 15 is 0 Å². The first-order chi connectivity index (χ1) is 10.7. The first-order valence-electron chi connectivity index (χ1n) is 7.90. The van der Waals surface area contributed by atoms with E-state index in [1.54, 1.807) is 41.5 Å². The summed E-state index contributed by atoms with van der Waals surface area (Å²) >= 11 is 0. The molecule has 2 atom stereocenters. The molecule has 0 fully saturated rings. The maximum Gasteiger partial charge on any atom is 0.408 e. The van der Waals surface area contributed by atoms with Gasteiger partial charge in [0.25, 0.3) is 0 Å². The van der Waals surface area contributed by atoms with Crippen LogP contribution in [-0.2, 0) is 19.1 Å². The van der Waals surface area contributed by atoms with Crippen molar-refractivity contribution in [2.75, 3.05) is 6.54 Å². The van der Waals surface area contributed by atoms with Gasteiger partial charge in [0.05, 0.1) is 5.92 Å². The lowest BCUT2D eigenvalue weighted by molar-refractivity contribution is -0.161. The van der Waals surface area contributed by atoms with Crippen LogP contribution >= 0.6 is 0 Å². The highest BCUT2D eigenvalue weighted by Gasteiger charge is 2.32. The van der Waals surface area contributed by atoms with E-state index in [1.807, 2.05) is 0 Å². The topological polar surface area (TPSA) is 128 Å². The summed E-state index contributed by atoms with van der Waals surface area (Å²) in [5.41, 5.74) is 4.05. The minimum absolute atomic E-state index is 0.124. The zero-order chi connectivity index (χ0) is 19.1. The Morgan fingerprint density at radius 3 is 1.92 bits per heavy atom. The quantitative estimate of drug-likeness (QED) is 0.598. The van der Waals surface area contributed by atoms with Gasteiger partial charge in [-0.15, -0.1) is 0 Å². The Hall–Kier alpha value is -1.83. The lowest BCUT2D eigenvalue weighted by Gasteiger charge is -2.26. The summed E-state index contributed by atoms with van der Waals surface area (Å²) in [7, 11) is 0. The Morgan fingerprint density at radius 1 is 1.04 bits per heavy atom. The van der Waals surface area contributed by atoms with Crippen LogP contribution < -0.4 is 11.1 Å². The molecule has 8 nitrogen and oxygen atoms in total. The number of carbonyl (C=O) groups excluding carboxylic acids is 2. The second kappa shape index (κ2) is 8.86. The van der Waals surface area contributed by atoms with Crippen molar-refractivity contribution in [1.29, 1.82) is 0 Å². The molecule has 8 heteroatoms. The Bertz CT molecular complexity index is 450. The molecule has 0 radical (unpaired) electrons. The Labute approximate surface area is 143 Å². The number of nitrogens with two attached hydrogens (primary N) is 1. The molecule has 0 rings (SSSR count). The van der Waals surface area contributed by atoms with E-state index in [1.165, 1.54) is 0 Å². The standard InChI is InChI=1S/C16H30N2O6/c1-15(2,3)23-13(21)10(7-8-17)9-11(12(19)20)18-14(22)24-16(4,5)6/h10-11H,7-9,17H2,1-6H3,(H,18,22)(H,19,20)/t10?,11-/m0/s1. The number of rotatable bonds is 7. The summed E-state index contributed by atoms with van der Waals surface area (Å²) in [5, 5.41) is 11.6. The molecule has 4 N–H and O–H groups in total. The summed E-state index contributed by atoms with van der Waals surface area (Å²) in [6.45, 7) is 10.4. The molecule has 0 aliphatic rings. The van der Waals surface area contributed by atoms with Crippen LogP contribution in [0.5, 0.6) is 0 Å². The van der Waals surface area contributed by atoms with E-state index in [-0.39, 0.29) is 19.4 Å². The summed E-state index contributed by atoms with van der Waals surface area (Å²) in [6, 6.07) is -1.27. The van der Waals surface area contributed by atoms with E-state index in [0.29, 0.717) is 0 Å². The molecular formula is C16H30N2O6. The van der Waals surface area contributed by atoms with Crippen molar-refractivity contribution in [2.45, 2.75) is 71.6 Å². The van der Waals surface area contributed by atoms with E-state index in [0.717, 1.165) is 0 Å². The first-order valence-corrected chi connectivity index (χ1v) is 7.90. The van der Waals surface area contributed by atoms with Crippen molar-refractivity contribution in [3.63, 3.8) is 0 Å². The van der Waals surface area contributed by atoms with Gasteiger partial charge in [-0.3, -0.25) is 4.79 Å². The molecule has 1 unspecified atom stereocenters. The predicted molar refractivity (Wildman–Crippen MR) is 88.4 cm³/mol. The van der Waals surface area contributed by atoms with Crippen molar-refractivity contribution in [3.8, 4) is 0 Å². The van der Waals surface area contributed by atoms with Crippen LogP contribution in [0.4, 0.5) is 4.79 Å². The molecule has 0 heterocycles. The monoisotopic (exact) mass is 346 g/mol. The number of carbonyl (C=O) groups is 3. The number of hydrogen-bond donors (Lipinski definition) is 3. The van der Waals surface area contributed by atoms with E-state index in [2.05, 4.69) is 5.32 Å². The highest BCUT2D eigenvalue weighted by molar-refractivity contribution is 5.81. The molecular weight excluding hydrogens is 316 g/mol. The Morgan fingerprint density at radius 2 is 1.54 bits per heavy atom. The largest absolute Gasteiger partial charge is 0.480 e. The number of esters is 1. The highest BCUT2D eigenvalue weighted by atomic mass is 16.6. The third kappa shape index (κ3) is 10.0. The number of ether oxygens (including phenoxy) is 2. The van der Waals surface area contributed by atoms with Crippen molar-refractivity contribution in [2.24, 2.45) is 11.7 Å². The molecule has 0 aliphatic carbocycles. The molecule has 0 saturated heterocycles. The van der Waals surface area contributed by atoms with Crippen LogP contribution in [0.3, 0.4) is 0 Å². The summed E-state index contributed by atoms with van der Waals surface area (Å²) in [5.74, 6) is -2.53. The molecule has 24 heavy (non-hydrogen) atoms. The van der Waals surface area contributed by atoms with Crippen LogP contribution in [0.25, 0.3) is 0 Å². The van der Waals surface area contributed by atoms with Gasteiger partial charge in [0.1, 0.15) is 17.2 Å². The maximum absolute atomic E-state index is 12.2. The number of carboxylic acids is 1. The van der Waals surface area contributed by atoms with E-state index < -0.39 is 41.2 Å². The number of hydrogen-bond acceptors (Lipinski definition) is 6. The molecule has 0 aliphatic heterocycles. The fourth-order valence-corrected chi connectivity index (χ4v) is 1.87. The fraction of sp³-hybridized carbons (Fsp3) is 0.812. The summed E-state index contributed by atoms with van der Waals surface area (Å²) in [4.78, 5) is 35.4. The number of nitrogens with one attached hydrogen (secondary N) is 1. The first kappa shape index (κ1) is 22.2. The molecule has 0 bridgehead atoms. The van der Waals surface area contributed by atoms with Crippen LogP contribution in [0.15, 0.2) is 0 Å². The molecule has 0 aromatic heterocycles. The lowest BCUT2D eigenvalue weighted by atomic mass is 9.96. The lowest BCUT2D eigenvalue weighted by Crippen LogP contribution is -2.45. The van der Waals surface area contributed by atoms with E-state index in [4.69, 9.17) is 15.2 Å². The summed E-state index contributed by atoms with van der Waals surface area (Å²) in [6.07, 6.45) is -0.722. The second-order valence-corrected chi connectivity index (χ2v) is 7.58. The zero-order valence-corrected chi connectivity index (χ0v) is 15.3. The zero-order valence-electron chi connectivity index (χ0n) is 15.3. The van der Waals surface area contributed by atoms with Gasteiger partial charge in [-0.1, -0.05) is 0 Å². The van der Waals surface area contributed by atoms with Gasteiger partial charge in [0.15, 0.2) is 0 Å². The molecule has 0 aromatic carbocycles. The van der Waals surface area contributed by atoms with Crippen LogP contribution in [0.1, 0.15) is 54.4 Å². The Balaban J connectivity index is 4.99. The minimum Gasteiger partial charge on any atom is -0.480 e. The van der Waals surface area contributed by atoms with Gasteiger partial charge in [-0.25, -0.2) is 9.59 Å². The summed E-state index contributed by atoms with van der Waals surface area (Å²) < 4.78 is 10.3. The van der Waals surface area contributed by atoms with Gasteiger partial charge in [-0.05, 0) is 60.9 Å². The SMILES string of the molecule is CC(C)(C)OC(=O)N[C@@H](CC(CCN)C(=O)OC(C)(C)C)C(=O)O. The highest BCUT2D eigenvalue weighted by Crippen LogP contribution is 2.18. The van der Waals surface area contributed by atoms with Crippen molar-refractivity contribution < 1.29 is 29.0 Å². The van der Waals surface area contributed by atoms with Gasteiger partial charge in [0, 0.05) is 0 Å². The van der Waals surface area contributed by atoms with E-state index in [9.17, 15) is 19.5 Å². The molecule has 0 saturated carbocycles. The third-order valence-corrected chi connectivity index (χ3v) is 2.76. The van der Waals surface area contributed by atoms with Gasteiger partial charge < -0.3 is 25.6 Å². The number of amides is 1. The molecule has 0 aromatic rings. The van der Waals surface area contributed by atoms with Crippen molar-refractivity contribution in [1.82, 2.24) is 5.32 Å². The number of carboxylic acid groups (broad SMARTS) is 1. The Kier molecular flexibility index (Phi) is 8.19. The van der Waals surface area contributed by atoms with Crippen molar-refractivity contribution >= 4 is 18.0 Å². The van der Waals surface area contributed by atoms with Crippen LogP contribution in [0, 0.1) is 5.92 Å². The third-order valence-electron chi connectivity index (χ3n) is 2.76. The number of alkyl carbamates (subject to hydrolysis) is 1. The number of aliphatic carboxylic acids is 1. The van der Waals surface area contributed by atoms with Crippen LogP contribution in [0.2, 0.25) is 0 Å². The van der Waals surface area contributed by atoms with Gasteiger partial charge in [-0.2, -0.15) is 0 Å². The second-order valence-electron chi connectivity index (χ2n) is 7.58. The molecule has 140 valence electrons.